The summed E-state index contributed by atoms with van der Waals surface area (Å²) in [6.07, 6.45) is 2.52. The van der Waals surface area contributed by atoms with Gasteiger partial charge in [0.2, 0.25) is 5.91 Å². The summed E-state index contributed by atoms with van der Waals surface area (Å²) in [6, 6.07) is -0.503. The Bertz CT molecular complexity index is 204. The van der Waals surface area contributed by atoms with E-state index in [4.69, 9.17) is 5.73 Å². The van der Waals surface area contributed by atoms with Crippen LogP contribution >= 0.6 is 0 Å². The van der Waals surface area contributed by atoms with E-state index in [1.807, 2.05) is 0 Å². The fraction of sp³-hybridized carbons (Fsp3) is 0.900. The first-order valence-corrected chi connectivity index (χ1v) is 5.28. The van der Waals surface area contributed by atoms with Crippen LogP contribution in [0.25, 0.3) is 0 Å². The Morgan fingerprint density at radius 3 is 2.64 bits per heavy atom. The van der Waals surface area contributed by atoms with E-state index in [2.05, 4.69) is 0 Å². The average molecular weight is 200 g/mol. The van der Waals surface area contributed by atoms with Gasteiger partial charge < -0.3 is 15.7 Å². The van der Waals surface area contributed by atoms with Gasteiger partial charge in [-0.1, -0.05) is 0 Å². The predicted octanol–water partition coefficient (Wildman–Crippen LogP) is 0.0955. The summed E-state index contributed by atoms with van der Waals surface area (Å²) in [5.41, 5.74) is 5.56. The largest absolute Gasteiger partial charge is 0.391 e. The number of nitrogens with two attached hydrogens (primary N) is 1. The Kier molecular flexibility index (Phi) is 3.89. The van der Waals surface area contributed by atoms with Crippen molar-refractivity contribution in [1.82, 2.24) is 4.90 Å². The molecule has 0 bridgehead atoms. The third-order valence-corrected chi connectivity index (χ3v) is 2.78. The molecule has 3 N–H and O–H groups in total. The standard InChI is InChI=1S/C10H20N2O2/c1-7(11)10(14)12-6-4-3-5-9(12)8(2)13/h7-9,13H,3-6,11H2,1-2H3/t7-,8-,9-/m0/s1. The Morgan fingerprint density at radius 1 is 1.50 bits per heavy atom. The molecule has 0 aromatic rings. The zero-order valence-corrected chi connectivity index (χ0v) is 8.94. The molecule has 3 atom stereocenters. The number of hydrogen-bond donors (Lipinski definition) is 2. The van der Waals surface area contributed by atoms with Gasteiger partial charge in [0.25, 0.3) is 0 Å². The Morgan fingerprint density at radius 2 is 2.14 bits per heavy atom. The minimum atomic E-state index is -0.464. The Balaban J connectivity index is 2.67. The van der Waals surface area contributed by atoms with Gasteiger partial charge >= 0.3 is 0 Å². The fourth-order valence-electron chi connectivity index (χ4n) is 1.99. The SMILES string of the molecule is C[C@H](N)C(=O)N1CCCC[C@H]1[C@H](C)O. The van der Waals surface area contributed by atoms with Gasteiger partial charge in [0, 0.05) is 6.54 Å². The quantitative estimate of drug-likeness (QED) is 0.664. The highest BCUT2D eigenvalue weighted by Gasteiger charge is 2.30. The van der Waals surface area contributed by atoms with E-state index >= 15 is 0 Å². The normalized spacial score (nSPS) is 27.1. The zero-order chi connectivity index (χ0) is 10.7. The summed E-state index contributed by atoms with van der Waals surface area (Å²) in [7, 11) is 0. The molecular formula is C10H20N2O2. The molecule has 82 valence electrons. The van der Waals surface area contributed by atoms with E-state index in [0.717, 1.165) is 25.8 Å². The van der Waals surface area contributed by atoms with Crippen molar-refractivity contribution in [3.05, 3.63) is 0 Å². The zero-order valence-electron chi connectivity index (χ0n) is 8.94. The molecule has 0 aliphatic carbocycles. The number of aliphatic hydroxyl groups is 1. The number of nitrogens with zero attached hydrogens (tertiary/aromatic N) is 1. The lowest BCUT2D eigenvalue weighted by atomic mass is 9.97. The molecule has 1 amide bonds. The van der Waals surface area contributed by atoms with Crippen molar-refractivity contribution in [2.75, 3.05) is 6.54 Å². The lowest BCUT2D eigenvalue weighted by Crippen LogP contribution is -2.53. The highest BCUT2D eigenvalue weighted by Crippen LogP contribution is 2.20. The molecule has 0 unspecified atom stereocenters. The first kappa shape index (κ1) is 11.5. The summed E-state index contributed by atoms with van der Waals surface area (Å²) in [5, 5.41) is 9.54. The predicted molar refractivity (Wildman–Crippen MR) is 54.7 cm³/mol. The molecule has 1 fully saturated rings. The second-order valence-electron chi connectivity index (χ2n) is 4.12. The van der Waals surface area contributed by atoms with Crippen LogP contribution in [0.4, 0.5) is 0 Å². The van der Waals surface area contributed by atoms with Gasteiger partial charge in [-0.2, -0.15) is 0 Å². The minimum absolute atomic E-state index is 0.0396. The van der Waals surface area contributed by atoms with Crippen LogP contribution in [-0.2, 0) is 4.79 Å². The van der Waals surface area contributed by atoms with Gasteiger partial charge in [0.1, 0.15) is 0 Å². The van der Waals surface area contributed by atoms with Crippen LogP contribution in [0.3, 0.4) is 0 Å². The smallest absolute Gasteiger partial charge is 0.239 e. The molecule has 1 aliphatic heterocycles. The first-order valence-electron chi connectivity index (χ1n) is 5.28. The molecule has 1 saturated heterocycles. The molecule has 0 spiro atoms. The summed E-state index contributed by atoms with van der Waals surface area (Å²) in [6.45, 7) is 4.16. The fourth-order valence-corrected chi connectivity index (χ4v) is 1.99. The maximum Gasteiger partial charge on any atom is 0.239 e. The molecule has 4 heteroatoms. The van der Waals surface area contributed by atoms with E-state index in [9.17, 15) is 9.90 Å². The number of carbonyl (C=O) groups is 1. The van der Waals surface area contributed by atoms with Crippen molar-refractivity contribution < 1.29 is 9.90 Å². The summed E-state index contributed by atoms with van der Waals surface area (Å²) in [5.74, 6) is -0.0457. The van der Waals surface area contributed by atoms with E-state index in [-0.39, 0.29) is 11.9 Å². The highest BCUT2D eigenvalue weighted by atomic mass is 16.3. The molecule has 14 heavy (non-hydrogen) atoms. The lowest BCUT2D eigenvalue weighted by Gasteiger charge is -2.38. The summed E-state index contributed by atoms with van der Waals surface area (Å²) < 4.78 is 0. The van der Waals surface area contributed by atoms with Crippen LogP contribution in [0, 0.1) is 0 Å². The van der Waals surface area contributed by atoms with E-state index < -0.39 is 12.1 Å². The van der Waals surface area contributed by atoms with Crippen LogP contribution in [0.2, 0.25) is 0 Å². The topological polar surface area (TPSA) is 66.6 Å². The van der Waals surface area contributed by atoms with Crippen molar-refractivity contribution in [1.29, 1.82) is 0 Å². The van der Waals surface area contributed by atoms with Crippen molar-refractivity contribution in [2.24, 2.45) is 5.73 Å². The van der Waals surface area contributed by atoms with Crippen molar-refractivity contribution >= 4 is 5.91 Å². The lowest BCUT2D eigenvalue weighted by molar-refractivity contribution is -0.138. The second kappa shape index (κ2) is 4.75. The van der Waals surface area contributed by atoms with E-state index in [1.165, 1.54) is 0 Å². The summed E-state index contributed by atoms with van der Waals surface area (Å²) >= 11 is 0. The van der Waals surface area contributed by atoms with Crippen molar-refractivity contribution in [3.8, 4) is 0 Å². The number of amides is 1. The molecule has 0 saturated carbocycles. The number of rotatable bonds is 2. The molecule has 1 rings (SSSR count). The molecular weight excluding hydrogens is 180 g/mol. The number of carbonyl (C=O) groups excluding carboxylic acids is 1. The first-order chi connectivity index (χ1) is 6.54. The second-order valence-corrected chi connectivity index (χ2v) is 4.12. The molecule has 0 radical (unpaired) electrons. The molecule has 1 aliphatic rings. The summed E-state index contributed by atoms with van der Waals surface area (Å²) in [4.78, 5) is 13.4. The van der Waals surface area contributed by atoms with Gasteiger partial charge in [-0.05, 0) is 33.1 Å². The van der Waals surface area contributed by atoms with Crippen LogP contribution < -0.4 is 5.73 Å². The van der Waals surface area contributed by atoms with Crippen LogP contribution in [-0.4, -0.2) is 40.6 Å². The molecule has 0 aromatic carbocycles. The maximum absolute atomic E-state index is 11.7. The highest BCUT2D eigenvalue weighted by molar-refractivity contribution is 5.81. The van der Waals surface area contributed by atoms with Gasteiger partial charge in [0.05, 0.1) is 18.2 Å². The number of likely N-dealkylation sites (tertiary alicyclic amines) is 1. The van der Waals surface area contributed by atoms with E-state index in [0.29, 0.717) is 0 Å². The van der Waals surface area contributed by atoms with Crippen LogP contribution in [0.5, 0.6) is 0 Å². The number of aliphatic hydroxyl groups excluding tert-OH is 1. The average Bonchev–Trinajstić information content (AvgIpc) is 2.16. The monoisotopic (exact) mass is 200 g/mol. The van der Waals surface area contributed by atoms with E-state index in [1.54, 1.807) is 18.7 Å². The minimum Gasteiger partial charge on any atom is -0.391 e. The Hall–Kier alpha value is -0.610. The third-order valence-electron chi connectivity index (χ3n) is 2.78. The van der Waals surface area contributed by atoms with Gasteiger partial charge in [-0.15, -0.1) is 0 Å². The van der Waals surface area contributed by atoms with Gasteiger partial charge in [-0.25, -0.2) is 0 Å². The molecule has 4 nitrogen and oxygen atoms in total. The van der Waals surface area contributed by atoms with Crippen molar-refractivity contribution in [2.45, 2.75) is 51.3 Å². The van der Waals surface area contributed by atoms with Crippen molar-refractivity contribution in [3.63, 3.8) is 0 Å². The van der Waals surface area contributed by atoms with Crippen LogP contribution in [0.15, 0.2) is 0 Å². The van der Waals surface area contributed by atoms with Crippen LogP contribution in [0.1, 0.15) is 33.1 Å². The van der Waals surface area contributed by atoms with Gasteiger partial charge in [-0.3, -0.25) is 4.79 Å². The maximum atomic E-state index is 11.7. The number of piperidine rings is 1. The Labute approximate surface area is 85.1 Å². The number of hydrogen-bond acceptors (Lipinski definition) is 3. The third kappa shape index (κ3) is 2.45. The van der Waals surface area contributed by atoms with Gasteiger partial charge in [0.15, 0.2) is 0 Å². The molecule has 0 aromatic heterocycles. The molecule has 1 heterocycles.